The van der Waals surface area contributed by atoms with Crippen LogP contribution in [0.5, 0.6) is 0 Å². The van der Waals surface area contributed by atoms with Crippen LogP contribution in [0.3, 0.4) is 0 Å². The smallest absolute Gasteiger partial charge is 0.261 e. The van der Waals surface area contributed by atoms with Crippen molar-refractivity contribution in [3.8, 4) is 16.9 Å². The number of nitrogens with zero attached hydrogens (tertiary/aromatic N) is 1. The van der Waals surface area contributed by atoms with Crippen LogP contribution in [0.1, 0.15) is 39.7 Å². The molecular weight excluding hydrogens is 444 g/mol. The van der Waals surface area contributed by atoms with Gasteiger partial charge in [0.1, 0.15) is 5.56 Å². The number of halogens is 1. The number of carbonyl (C=O) groups excluding carboxylic acids is 1. The van der Waals surface area contributed by atoms with Gasteiger partial charge in [0, 0.05) is 33.7 Å². The first-order valence-electron chi connectivity index (χ1n) is 11.3. The predicted octanol–water partition coefficient (Wildman–Crippen LogP) is 6.90. The Hall–Kier alpha value is -3.63. The van der Waals surface area contributed by atoms with Crippen LogP contribution < -0.4 is 10.7 Å². The Morgan fingerprint density at radius 2 is 1.68 bits per heavy atom. The summed E-state index contributed by atoms with van der Waals surface area (Å²) in [7, 11) is 0. The van der Waals surface area contributed by atoms with Crippen molar-refractivity contribution in [3.63, 3.8) is 0 Å². The van der Waals surface area contributed by atoms with Crippen molar-refractivity contribution in [2.45, 2.75) is 34.1 Å². The van der Waals surface area contributed by atoms with Crippen molar-refractivity contribution in [3.05, 3.63) is 116 Å². The van der Waals surface area contributed by atoms with Gasteiger partial charge in [-0.2, -0.15) is 0 Å². The van der Waals surface area contributed by atoms with Crippen LogP contribution in [-0.2, 0) is 6.42 Å². The molecule has 5 heteroatoms. The van der Waals surface area contributed by atoms with Gasteiger partial charge in [-0.05, 0) is 62.1 Å². The molecule has 0 aliphatic rings. The quantitative estimate of drug-likeness (QED) is 0.345. The number of hydrogen-bond donors (Lipinski definition) is 1. The molecule has 4 aromatic rings. The van der Waals surface area contributed by atoms with Gasteiger partial charge in [0.25, 0.3) is 5.91 Å². The fourth-order valence-electron chi connectivity index (χ4n) is 4.34. The number of benzene rings is 3. The lowest BCUT2D eigenvalue weighted by Crippen LogP contribution is -2.27. The number of carbonyl (C=O) groups is 1. The first-order valence-corrected chi connectivity index (χ1v) is 11.7. The molecule has 0 saturated carbocycles. The van der Waals surface area contributed by atoms with Crippen molar-refractivity contribution in [2.75, 3.05) is 5.32 Å². The van der Waals surface area contributed by atoms with Crippen LogP contribution in [0.2, 0.25) is 5.02 Å². The summed E-state index contributed by atoms with van der Waals surface area (Å²) in [5.41, 5.74) is 6.14. The topological polar surface area (TPSA) is 51.1 Å². The highest BCUT2D eigenvalue weighted by Crippen LogP contribution is 2.33. The highest BCUT2D eigenvalue weighted by molar-refractivity contribution is 6.33. The zero-order chi connectivity index (χ0) is 24.4. The lowest BCUT2D eigenvalue weighted by Gasteiger charge is -2.22. The number of anilines is 1. The number of rotatable bonds is 5. The first kappa shape index (κ1) is 23.5. The number of amides is 1. The van der Waals surface area contributed by atoms with E-state index in [0.29, 0.717) is 22.0 Å². The van der Waals surface area contributed by atoms with Crippen molar-refractivity contribution in [2.24, 2.45) is 0 Å². The monoisotopic (exact) mass is 470 g/mol. The third kappa shape index (κ3) is 4.42. The summed E-state index contributed by atoms with van der Waals surface area (Å²) in [6, 6.07) is 22.7. The van der Waals surface area contributed by atoms with E-state index >= 15 is 0 Å². The fraction of sp³-hybridized carbons (Fsp3) is 0.172. The molecule has 1 heterocycles. The summed E-state index contributed by atoms with van der Waals surface area (Å²) in [4.78, 5) is 27.1. The van der Waals surface area contributed by atoms with Crippen LogP contribution in [0.25, 0.3) is 16.9 Å². The van der Waals surface area contributed by atoms with Gasteiger partial charge < -0.3 is 9.88 Å². The molecule has 3 aromatic carbocycles. The van der Waals surface area contributed by atoms with E-state index in [1.165, 1.54) is 6.07 Å². The zero-order valence-electron chi connectivity index (χ0n) is 19.8. The van der Waals surface area contributed by atoms with E-state index < -0.39 is 5.91 Å². The highest BCUT2D eigenvalue weighted by Gasteiger charge is 2.25. The number of pyridine rings is 1. The minimum Gasteiger partial charge on any atom is -0.321 e. The van der Waals surface area contributed by atoms with E-state index in [1.807, 2.05) is 92.9 Å². The van der Waals surface area contributed by atoms with E-state index in [9.17, 15) is 9.59 Å². The maximum absolute atomic E-state index is 13.8. The van der Waals surface area contributed by atoms with Gasteiger partial charge in [-0.25, -0.2) is 0 Å². The molecule has 0 spiro atoms. The summed E-state index contributed by atoms with van der Waals surface area (Å²) in [6.07, 6.45) is 0.760. The van der Waals surface area contributed by atoms with Gasteiger partial charge >= 0.3 is 0 Å². The molecule has 0 saturated heterocycles. The first-order chi connectivity index (χ1) is 16.3. The van der Waals surface area contributed by atoms with E-state index in [-0.39, 0.29) is 11.0 Å². The highest BCUT2D eigenvalue weighted by atomic mass is 35.5. The maximum Gasteiger partial charge on any atom is 0.261 e. The second kappa shape index (κ2) is 9.70. The lowest BCUT2D eigenvalue weighted by molar-refractivity contribution is 0.102. The third-order valence-electron chi connectivity index (χ3n) is 5.99. The molecule has 1 aromatic heterocycles. The molecule has 0 atom stereocenters. The minimum absolute atomic E-state index is 0.0607. The normalized spacial score (nSPS) is 10.9. The third-order valence-corrected chi connectivity index (χ3v) is 6.32. The molecule has 0 aliphatic heterocycles. The molecule has 0 fully saturated rings. The van der Waals surface area contributed by atoms with Crippen molar-refractivity contribution in [1.29, 1.82) is 0 Å². The van der Waals surface area contributed by atoms with Gasteiger partial charge in [-0.3, -0.25) is 9.59 Å². The summed E-state index contributed by atoms with van der Waals surface area (Å²) >= 11 is 6.62. The average molecular weight is 471 g/mol. The van der Waals surface area contributed by atoms with Gasteiger partial charge in [-0.1, -0.05) is 67.1 Å². The second-order valence-corrected chi connectivity index (χ2v) is 8.85. The number of aromatic nitrogens is 1. The Morgan fingerprint density at radius 3 is 2.38 bits per heavy atom. The van der Waals surface area contributed by atoms with E-state index in [1.54, 1.807) is 6.07 Å². The minimum atomic E-state index is -0.453. The van der Waals surface area contributed by atoms with Crippen LogP contribution in [-0.4, -0.2) is 10.5 Å². The number of para-hydroxylation sites is 1. The van der Waals surface area contributed by atoms with Crippen molar-refractivity contribution < 1.29 is 4.79 Å². The van der Waals surface area contributed by atoms with Gasteiger partial charge in [0.2, 0.25) is 0 Å². The summed E-state index contributed by atoms with van der Waals surface area (Å²) in [6.45, 7) is 7.86. The predicted molar refractivity (Wildman–Crippen MR) is 140 cm³/mol. The standard InChI is InChI=1S/C29H27ClN2O2/c1-5-21-12-9-11-19(3)27(21)31-29(34)26-25(33)17-20(4)32(22-13-8-10-18(2)16-22)28(26)23-14-6-7-15-24(23)30/h6-17H,5H2,1-4H3,(H,31,34). The van der Waals surface area contributed by atoms with Crippen LogP contribution in [0, 0.1) is 20.8 Å². The molecule has 0 unspecified atom stereocenters. The number of hydrogen-bond acceptors (Lipinski definition) is 2. The molecule has 0 radical (unpaired) electrons. The maximum atomic E-state index is 13.8. The van der Waals surface area contributed by atoms with Crippen molar-refractivity contribution >= 4 is 23.2 Å². The molecule has 1 N–H and O–H groups in total. The molecule has 1 amide bonds. The van der Waals surface area contributed by atoms with Crippen LogP contribution in [0.4, 0.5) is 5.69 Å². The lowest BCUT2D eigenvalue weighted by atomic mass is 10.0. The molecule has 4 rings (SSSR count). The second-order valence-electron chi connectivity index (χ2n) is 8.44. The average Bonchev–Trinajstić information content (AvgIpc) is 2.80. The summed E-state index contributed by atoms with van der Waals surface area (Å²) in [5.74, 6) is -0.453. The Balaban J connectivity index is 2.02. The fourth-order valence-corrected chi connectivity index (χ4v) is 4.56. The van der Waals surface area contributed by atoms with E-state index in [0.717, 1.165) is 34.5 Å². The van der Waals surface area contributed by atoms with Crippen LogP contribution in [0.15, 0.2) is 77.6 Å². The Labute approximate surface area is 204 Å². The van der Waals surface area contributed by atoms with E-state index in [2.05, 4.69) is 5.32 Å². The Morgan fingerprint density at radius 1 is 0.941 bits per heavy atom. The van der Waals surface area contributed by atoms with Gasteiger partial charge in [-0.15, -0.1) is 0 Å². The summed E-state index contributed by atoms with van der Waals surface area (Å²) < 4.78 is 1.93. The Kier molecular flexibility index (Phi) is 6.71. The van der Waals surface area contributed by atoms with Crippen LogP contribution >= 0.6 is 11.6 Å². The van der Waals surface area contributed by atoms with E-state index in [4.69, 9.17) is 11.6 Å². The molecule has 172 valence electrons. The van der Waals surface area contributed by atoms with Crippen molar-refractivity contribution in [1.82, 2.24) is 4.57 Å². The molecular formula is C29H27ClN2O2. The molecule has 0 aliphatic carbocycles. The van der Waals surface area contributed by atoms with Gasteiger partial charge in [0.05, 0.1) is 5.69 Å². The molecule has 4 nitrogen and oxygen atoms in total. The molecule has 34 heavy (non-hydrogen) atoms. The SMILES string of the molecule is CCc1cccc(C)c1NC(=O)c1c(-c2ccccc2Cl)n(-c2cccc(C)c2)c(C)cc1=O. The number of nitrogens with one attached hydrogen (secondary N) is 1. The largest absolute Gasteiger partial charge is 0.321 e. The zero-order valence-corrected chi connectivity index (χ0v) is 20.5. The number of aryl methyl sites for hydroxylation is 4. The van der Waals surface area contributed by atoms with Gasteiger partial charge in [0.15, 0.2) is 5.43 Å². The Bertz CT molecular complexity index is 1450. The summed E-state index contributed by atoms with van der Waals surface area (Å²) in [5, 5.41) is 3.50. The molecule has 0 bridgehead atoms.